The summed E-state index contributed by atoms with van der Waals surface area (Å²) >= 11 is 0. The van der Waals surface area contributed by atoms with Crippen LogP contribution in [0.1, 0.15) is 18.9 Å². The van der Waals surface area contributed by atoms with Crippen molar-refractivity contribution in [1.82, 2.24) is 20.1 Å². The van der Waals surface area contributed by atoms with Crippen LogP contribution in [-0.2, 0) is 16.4 Å². The van der Waals surface area contributed by atoms with Gasteiger partial charge in [0.15, 0.2) is 9.84 Å². The summed E-state index contributed by atoms with van der Waals surface area (Å²) in [6, 6.07) is 4.78. The molecule has 2 atom stereocenters. The van der Waals surface area contributed by atoms with Crippen molar-refractivity contribution in [2.75, 3.05) is 5.75 Å². The molecule has 1 N–H and O–H groups in total. The minimum atomic E-state index is -2.98. The molecule has 8 heteroatoms. The summed E-state index contributed by atoms with van der Waals surface area (Å²) in [5.74, 6) is -0.178. The first-order valence-electron chi connectivity index (χ1n) is 7.06. The van der Waals surface area contributed by atoms with Crippen molar-refractivity contribution in [3.8, 4) is 5.69 Å². The van der Waals surface area contributed by atoms with Gasteiger partial charge in [-0.15, -0.1) is 0 Å². The van der Waals surface area contributed by atoms with Crippen LogP contribution in [0.15, 0.2) is 30.9 Å². The van der Waals surface area contributed by atoms with E-state index in [-0.39, 0.29) is 11.8 Å². The fourth-order valence-electron chi connectivity index (χ4n) is 2.66. The Balaban J connectivity index is 1.68. The van der Waals surface area contributed by atoms with Gasteiger partial charge >= 0.3 is 0 Å². The number of hydrogen-bond donors (Lipinski definition) is 1. The van der Waals surface area contributed by atoms with Crippen molar-refractivity contribution in [2.45, 2.75) is 31.2 Å². The van der Waals surface area contributed by atoms with Gasteiger partial charge in [-0.25, -0.2) is 22.5 Å². The molecular formula is C14H17FN4O2S. The Bertz CT molecular complexity index is 761. The van der Waals surface area contributed by atoms with E-state index in [9.17, 15) is 12.8 Å². The molecule has 2 heterocycles. The van der Waals surface area contributed by atoms with Crippen LogP contribution >= 0.6 is 0 Å². The van der Waals surface area contributed by atoms with Gasteiger partial charge in [-0.3, -0.25) is 0 Å². The highest BCUT2D eigenvalue weighted by Crippen LogP contribution is 2.21. The van der Waals surface area contributed by atoms with Crippen LogP contribution < -0.4 is 5.32 Å². The molecule has 1 aromatic carbocycles. The first-order chi connectivity index (χ1) is 10.5. The summed E-state index contributed by atoms with van der Waals surface area (Å²) in [7, 11) is -2.98. The molecule has 118 valence electrons. The highest BCUT2D eigenvalue weighted by Gasteiger charge is 2.36. The summed E-state index contributed by atoms with van der Waals surface area (Å²) in [6.45, 7) is 2.15. The minimum absolute atomic E-state index is 0.0805. The Morgan fingerprint density at radius 2 is 2.27 bits per heavy atom. The number of sulfone groups is 1. The van der Waals surface area contributed by atoms with Gasteiger partial charge in [0.05, 0.1) is 11.0 Å². The molecule has 0 spiro atoms. The molecule has 0 saturated carbocycles. The van der Waals surface area contributed by atoms with E-state index in [0.29, 0.717) is 18.7 Å². The third kappa shape index (κ3) is 2.89. The highest BCUT2D eigenvalue weighted by molar-refractivity contribution is 7.92. The van der Waals surface area contributed by atoms with Crippen molar-refractivity contribution >= 4 is 9.84 Å². The summed E-state index contributed by atoms with van der Waals surface area (Å²) < 4.78 is 38.9. The van der Waals surface area contributed by atoms with Crippen molar-refractivity contribution in [3.63, 3.8) is 0 Å². The highest BCUT2D eigenvalue weighted by atomic mass is 32.2. The fourth-order valence-corrected chi connectivity index (χ4v) is 4.34. The number of benzene rings is 1. The first kappa shape index (κ1) is 15.1. The molecule has 22 heavy (non-hydrogen) atoms. The van der Waals surface area contributed by atoms with Crippen LogP contribution in [0.5, 0.6) is 0 Å². The number of nitrogens with one attached hydrogen (secondary N) is 1. The van der Waals surface area contributed by atoms with Crippen LogP contribution in [-0.4, -0.2) is 40.2 Å². The largest absolute Gasteiger partial charge is 0.309 e. The SMILES string of the molecule is C[C@H]1[C@@H](NCc2ccc(-n3cncn3)c(F)c2)CCS1(=O)=O. The third-order valence-corrected chi connectivity index (χ3v) is 6.36. The average Bonchev–Trinajstić information content (AvgIpc) is 3.08. The van der Waals surface area contributed by atoms with Gasteiger partial charge in [0, 0.05) is 12.6 Å². The lowest BCUT2D eigenvalue weighted by Crippen LogP contribution is -2.36. The Morgan fingerprint density at radius 3 is 2.86 bits per heavy atom. The van der Waals surface area contributed by atoms with Crippen molar-refractivity contribution in [2.24, 2.45) is 0 Å². The van der Waals surface area contributed by atoms with Crippen LogP contribution in [0, 0.1) is 5.82 Å². The number of rotatable bonds is 4. The Morgan fingerprint density at radius 1 is 1.45 bits per heavy atom. The molecule has 2 aromatic rings. The van der Waals surface area contributed by atoms with Gasteiger partial charge in [0.1, 0.15) is 24.2 Å². The molecular weight excluding hydrogens is 307 g/mol. The molecule has 0 unspecified atom stereocenters. The van der Waals surface area contributed by atoms with E-state index in [4.69, 9.17) is 0 Å². The van der Waals surface area contributed by atoms with Gasteiger partial charge in [-0.05, 0) is 31.0 Å². The lowest BCUT2D eigenvalue weighted by molar-refractivity contribution is 0.503. The molecule has 0 amide bonds. The molecule has 1 aromatic heterocycles. The number of aromatic nitrogens is 3. The quantitative estimate of drug-likeness (QED) is 0.910. The Hall–Kier alpha value is -1.80. The maximum absolute atomic E-state index is 14.1. The number of halogens is 1. The molecule has 0 aliphatic carbocycles. The van der Waals surface area contributed by atoms with Gasteiger partial charge in [0.2, 0.25) is 0 Å². The zero-order chi connectivity index (χ0) is 15.7. The van der Waals surface area contributed by atoms with Crippen LogP contribution in [0.25, 0.3) is 5.69 Å². The molecule has 1 aliphatic rings. The van der Waals surface area contributed by atoms with E-state index < -0.39 is 20.9 Å². The standard InChI is InChI=1S/C14H17FN4O2S/c1-10-13(4-5-22(10,20)21)17-7-11-2-3-14(12(15)6-11)19-9-16-8-18-19/h2-3,6,8-10,13,17H,4-5,7H2,1H3/t10-,13-/m0/s1. The van der Waals surface area contributed by atoms with Gasteiger partial charge < -0.3 is 5.32 Å². The summed E-state index contributed by atoms with van der Waals surface area (Å²) in [4.78, 5) is 3.79. The second kappa shape index (κ2) is 5.77. The zero-order valence-electron chi connectivity index (χ0n) is 12.1. The van der Waals surface area contributed by atoms with E-state index in [1.807, 2.05) is 0 Å². The van der Waals surface area contributed by atoms with Crippen molar-refractivity contribution < 1.29 is 12.8 Å². The molecule has 1 saturated heterocycles. The molecule has 1 aliphatic heterocycles. The average molecular weight is 324 g/mol. The second-order valence-electron chi connectivity index (χ2n) is 5.47. The molecule has 1 fully saturated rings. The summed E-state index contributed by atoms with van der Waals surface area (Å²) in [6.07, 6.45) is 3.38. The smallest absolute Gasteiger partial charge is 0.154 e. The topological polar surface area (TPSA) is 76.9 Å². The maximum atomic E-state index is 14.1. The zero-order valence-corrected chi connectivity index (χ0v) is 12.9. The van der Waals surface area contributed by atoms with E-state index in [2.05, 4.69) is 15.4 Å². The Kier molecular flexibility index (Phi) is 3.96. The van der Waals surface area contributed by atoms with E-state index >= 15 is 0 Å². The normalized spacial score (nSPS) is 23.7. The minimum Gasteiger partial charge on any atom is -0.309 e. The van der Waals surface area contributed by atoms with E-state index in [1.165, 1.54) is 23.4 Å². The Labute approximate surface area is 128 Å². The van der Waals surface area contributed by atoms with Gasteiger partial charge in [0.25, 0.3) is 0 Å². The fraction of sp³-hybridized carbons (Fsp3) is 0.429. The molecule has 6 nitrogen and oxygen atoms in total. The van der Waals surface area contributed by atoms with Gasteiger partial charge in [-0.2, -0.15) is 5.10 Å². The summed E-state index contributed by atoms with van der Waals surface area (Å²) in [5, 5.41) is 6.70. The monoisotopic (exact) mass is 324 g/mol. The van der Waals surface area contributed by atoms with Crippen LogP contribution in [0.3, 0.4) is 0 Å². The van der Waals surface area contributed by atoms with Gasteiger partial charge in [-0.1, -0.05) is 6.07 Å². The van der Waals surface area contributed by atoms with E-state index in [0.717, 1.165) is 5.56 Å². The molecule has 0 bridgehead atoms. The molecule has 0 radical (unpaired) electrons. The predicted octanol–water partition coefficient (Wildman–Crippen LogP) is 1.07. The van der Waals surface area contributed by atoms with Crippen molar-refractivity contribution in [3.05, 3.63) is 42.2 Å². The first-order valence-corrected chi connectivity index (χ1v) is 8.77. The lowest BCUT2D eigenvalue weighted by atomic mass is 10.1. The van der Waals surface area contributed by atoms with Crippen LogP contribution in [0.4, 0.5) is 4.39 Å². The second-order valence-corrected chi connectivity index (χ2v) is 7.95. The predicted molar refractivity (Wildman–Crippen MR) is 79.8 cm³/mol. The van der Waals surface area contributed by atoms with Crippen molar-refractivity contribution in [1.29, 1.82) is 0 Å². The number of hydrogen-bond acceptors (Lipinski definition) is 5. The third-order valence-electron chi connectivity index (χ3n) is 4.09. The maximum Gasteiger partial charge on any atom is 0.154 e. The lowest BCUT2D eigenvalue weighted by Gasteiger charge is -2.16. The van der Waals surface area contributed by atoms with E-state index in [1.54, 1.807) is 19.1 Å². The number of nitrogens with zero attached hydrogens (tertiary/aromatic N) is 3. The summed E-state index contributed by atoms with van der Waals surface area (Å²) in [5.41, 5.74) is 1.09. The van der Waals surface area contributed by atoms with Crippen LogP contribution in [0.2, 0.25) is 0 Å². The molecule has 3 rings (SSSR count).